The van der Waals surface area contributed by atoms with Crippen molar-refractivity contribution in [1.29, 1.82) is 0 Å². The molecule has 6 rings (SSSR count). The van der Waals surface area contributed by atoms with Crippen LogP contribution in [0.3, 0.4) is 0 Å². The monoisotopic (exact) mass is 397 g/mol. The van der Waals surface area contributed by atoms with Crippen molar-refractivity contribution >= 4 is 27.4 Å². The van der Waals surface area contributed by atoms with E-state index in [1.807, 2.05) is 11.3 Å². The van der Waals surface area contributed by atoms with Gasteiger partial charge in [-0.15, -0.1) is 11.3 Å². The van der Waals surface area contributed by atoms with E-state index in [1.165, 1.54) is 56.6 Å². The van der Waals surface area contributed by atoms with Crippen LogP contribution < -0.4 is 4.90 Å². The Morgan fingerprint density at radius 1 is 0.862 bits per heavy atom. The Balaban J connectivity index is 1.47. The number of benzene rings is 2. The second kappa shape index (κ2) is 6.96. The summed E-state index contributed by atoms with van der Waals surface area (Å²) in [5.41, 5.74) is 5.70. The molecule has 2 aliphatic rings. The fourth-order valence-electron chi connectivity index (χ4n) is 4.78. The van der Waals surface area contributed by atoms with Crippen LogP contribution in [0.15, 0.2) is 54.6 Å². The summed E-state index contributed by atoms with van der Waals surface area (Å²) in [6.07, 6.45) is 5.52. The number of rotatable bonds is 3. The second-order valence-corrected chi connectivity index (χ2v) is 9.19. The smallest absolute Gasteiger partial charge is 0.141 e. The number of aromatic nitrogens is 2. The molecule has 0 radical (unpaired) electrons. The molecule has 4 heteroatoms. The molecule has 2 aromatic heterocycles. The highest BCUT2D eigenvalue weighted by atomic mass is 32.1. The van der Waals surface area contributed by atoms with Crippen LogP contribution in [0.25, 0.3) is 10.2 Å². The van der Waals surface area contributed by atoms with E-state index in [0.29, 0.717) is 0 Å². The average molecular weight is 398 g/mol. The van der Waals surface area contributed by atoms with Crippen LogP contribution in [0.1, 0.15) is 39.4 Å². The lowest BCUT2D eigenvalue weighted by molar-refractivity contribution is 0.719. The van der Waals surface area contributed by atoms with Gasteiger partial charge >= 0.3 is 0 Å². The van der Waals surface area contributed by atoms with Crippen molar-refractivity contribution in [1.82, 2.24) is 9.97 Å². The minimum absolute atomic E-state index is 0.788. The normalized spacial score (nSPS) is 15.5. The zero-order chi connectivity index (χ0) is 19.2. The molecule has 0 fully saturated rings. The van der Waals surface area contributed by atoms with Crippen LogP contribution in [0.4, 0.5) is 5.82 Å². The van der Waals surface area contributed by atoms with Crippen LogP contribution >= 0.6 is 11.3 Å². The van der Waals surface area contributed by atoms with Gasteiger partial charge in [0.1, 0.15) is 16.5 Å². The van der Waals surface area contributed by atoms with Crippen LogP contribution in [0.5, 0.6) is 0 Å². The van der Waals surface area contributed by atoms with E-state index in [4.69, 9.17) is 9.97 Å². The van der Waals surface area contributed by atoms with E-state index in [1.54, 1.807) is 0 Å². The summed E-state index contributed by atoms with van der Waals surface area (Å²) in [4.78, 5) is 15.4. The average Bonchev–Trinajstić information content (AvgIpc) is 3.35. The maximum atomic E-state index is 5.16. The number of anilines is 1. The maximum absolute atomic E-state index is 5.16. The molecular weight excluding hydrogens is 374 g/mol. The Bertz CT molecular complexity index is 1200. The van der Waals surface area contributed by atoms with Gasteiger partial charge in [0.25, 0.3) is 0 Å². The van der Waals surface area contributed by atoms with Gasteiger partial charge in [-0.05, 0) is 47.9 Å². The van der Waals surface area contributed by atoms with Gasteiger partial charge in [0, 0.05) is 24.4 Å². The molecule has 3 nitrogen and oxygen atoms in total. The van der Waals surface area contributed by atoms with Gasteiger partial charge in [0.05, 0.1) is 5.39 Å². The number of thiophene rings is 1. The minimum atomic E-state index is 0.788. The van der Waals surface area contributed by atoms with Crippen molar-refractivity contribution in [2.45, 2.75) is 38.6 Å². The van der Waals surface area contributed by atoms with E-state index in [-0.39, 0.29) is 0 Å². The highest BCUT2D eigenvalue weighted by Gasteiger charge is 2.26. The fourth-order valence-corrected chi connectivity index (χ4v) is 6.06. The minimum Gasteiger partial charge on any atom is -0.351 e. The van der Waals surface area contributed by atoms with Gasteiger partial charge in [0.15, 0.2) is 0 Å². The molecule has 0 bridgehead atoms. The van der Waals surface area contributed by atoms with E-state index >= 15 is 0 Å². The molecule has 1 aliphatic carbocycles. The van der Waals surface area contributed by atoms with E-state index in [9.17, 15) is 0 Å². The van der Waals surface area contributed by atoms with E-state index < -0.39 is 0 Å². The molecule has 144 valence electrons. The van der Waals surface area contributed by atoms with Crippen molar-refractivity contribution in [2.75, 3.05) is 11.4 Å². The number of hydrogen-bond donors (Lipinski definition) is 0. The molecule has 1 aliphatic heterocycles. The van der Waals surface area contributed by atoms with Crippen LogP contribution in [-0.4, -0.2) is 16.5 Å². The first-order valence-electron chi connectivity index (χ1n) is 10.5. The quantitative estimate of drug-likeness (QED) is 0.468. The predicted octanol–water partition coefficient (Wildman–Crippen LogP) is 5.33. The first-order chi connectivity index (χ1) is 14.3. The lowest BCUT2D eigenvalue weighted by atomic mass is 9.99. The van der Waals surface area contributed by atoms with Crippen molar-refractivity contribution in [3.8, 4) is 0 Å². The topological polar surface area (TPSA) is 29.0 Å². The summed E-state index contributed by atoms with van der Waals surface area (Å²) < 4.78 is 0. The van der Waals surface area contributed by atoms with Crippen LogP contribution in [-0.2, 0) is 32.2 Å². The van der Waals surface area contributed by atoms with Gasteiger partial charge < -0.3 is 4.90 Å². The lowest BCUT2D eigenvalue weighted by Gasteiger charge is -2.30. The Hall–Kier alpha value is -2.72. The molecule has 0 amide bonds. The molecule has 4 aromatic rings. The Morgan fingerprint density at radius 2 is 1.69 bits per heavy atom. The standard InChI is InChI=1S/C25H23N3S/c1-2-7-17(8-3-1)15-22-26-24(23-20-11-6-12-21(20)29-25(23)27-22)28-14-13-18-9-4-5-10-19(18)16-28/h1-5,7-10H,6,11-16H2. The molecule has 2 aromatic carbocycles. The third-order valence-corrected chi connectivity index (χ3v) is 7.41. The summed E-state index contributed by atoms with van der Waals surface area (Å²) in [6.45, 7) is 1.97. The summed E-state index contributed by atoms with van der Waals surface area (Å²) in [5, 5.41) is 1.33. The van der Waals surface area contributed by atoms with Gasteiger partial charge in [0.2, 0.25) is 0 Å². The fraction of sp³-hybridized carbons (Fsp3) is 0.280. The third-order valence-electron chi connectivity index (χ3n) is 6.23. The number of nitrogens with zero attached hydrogens (tertiary/aromatic N) is 3. The molecule has 0 spiro atoms. The van der Waals surface area contributed by atoms with Gasteiger partial charge in [-0.3, -0.25) is 0 Å². The SMILES string of the molecule is c1ccc(Cc2nc(N3CCc4ccccc4C3)c3c4c(sc3n2)CCC4)cc1. The number of aryl methyl sites for hydroxylation is 2. The summed E-state index contributed by atoms with van der Waals surface area (Å²) in [6, 6.07) is 19.4. The van der Waals surface area contributed by atoms with E-state index in [2.05, 4.69) is 59.5 Å². The summed E-state index contributed by atoms with van der Waals surface area (Å²) >= 11 is 1.90. The largest absolute Gasteiger partial charge is 0.351 e. The first kappa shape index (κ1) is 17.2. The predicted molar refractivity (Wildman–Crippen MR) is 120 cm³/mol. The van der Waals surface area contributed by atoms with Gasteiger partial charge in [-0.1, -0.05) is 54.6 Å². The maximum Gasteiger partial charge on any atom is 0.141 e. The van der Waals surface area contributed by atoms with Crippen molar-refractivity contribution in [3.63, 3.8) is 0 Å². The van der Waals surface area contributed by atoms with Crippen molar-refractivity contribution in [3.05, 3.63) is 87.6 Å². The molecular formula is C25H23N3S. The van der Waals surface area contributed by atoms with Crippen molar-refractivity contribution in [2.24, 2.45) is 0 Å². The molecule has 0 N–H and O–H groups in total. The highest BCUT2D eigenvalue weighted by molar-refractivity contribution is 7.19. The Morgan fingerprint density at radius 3 is 2.59 bits per heavy atom. The van der Waals surface area contributed by atoms with Crippen LogP contribution in [0, 0.1) is 0 Å². The Kier molecular flexibility index (Phi) is 4.12. The molecule has 3 heterocycles. The summed E-state index contributed by atoms with van der Waals surface area (Å²) in [7, 11) is 0. The number of hydrogen-bond acceptors (Lipinski definition) is 4. The summed E-state index contributed by atoms with van der Waals surface area (Å²) in [5.74, 6) is 2.10. The third kappa shape index (κ3) is 3.03. The van der Waals surface area contributed by atoms with Gasteiger partial charge in [-0.25, -0.2) is 9.97 Å². The molecule has 0 unspecified atom stereocenters. The number of fused-ring (bicyclic) bond motifs is 4. The first-order valence-corrected chi connectivity index (χ1v) is 11.3. The second-order valence-electron chi connectivity index (χ2n) is 8.10. The lowest BCUT2D eigenvalue weighted by Crippen LogP contribution is -2.31. The van der Waals surface area contributed by atoms with Crippen molar-refractivity contribution < 1.29 is 0 Å². The zero-order valence-electron chi connectivity index (χ0n) is 16.4. The Labute approximate surface area is 175 Å². The van der Waals surface area contributed by atoms with Crippen LogP contribution in [0.2, 0.25) is 0 Å². The molecule has 0 atom stereocenters. The van der Waals surface area contributed by atoms with E-state index in [0.717, 1.165) is 37.6 Å². The molecule has 29 heavy (non-hydrogen) atoms. The molecule has 0 saturated carbocycles. The molecule has 0 saturated heterocycles. The highest BCUT2D eigenvalue weighted by Crippen LogP contribution is 2.41. The zero-order valence-corrected chi connectivity index (χ0v) is 17.2. The van der Waals surface area contributed by atoms with Gasteiger partial charge in [-0.2, -0.15) is 0 Å².